The first-order valence-electron chi connectivity index (χ1n) is 2.98. The number of carboxylic acids is 1. The van der Waals surface area contributed by atoms with Crippen molar-refractivity contribution in [1.29, 1.82) is 0 Å². The van der Waals surface area contributed by atoms with E-state index in [2.05, 4.69) is 9.97 Å². The molecule has 0 spiro atoms. The molecule has 64 valence electrons. The topological polar surface area (TPSA) is 83.3 Å². The highest BCUT2D eigenvalue weighted by atomic mass is 32.2. The zero-order valence-electron chi connectivity index (χ0n) is 6.18. The summed E-state index contributed by atoms with van der Waals surface area (Å²) in [6.07, 6.45) is 2.79. The smallest absolute Gasteiger partial charge is 0.358 e. The number of aromatic carboxylic acids is 1. The van der Waals surface area contributed by atoms with Crippen LogP contribution in [0.4, 0.5) is 0 Å². The fourth-order valence-electron chi connectivity index (χ4n) is 0.615. The number of carboxylic acid groups (broad SMARTS) is 1. The lowest BCUT2D eigenvalue weighted by atomic mass is 10.4. The van der Waals surface area contributed by atoms with Crippen molar-refractivity contribution in [3.05, 3.63) is 11.9 Å². The standard InChI is InChI=1S/C6H6N2O3S/c1-12-6-7-2-3(9)4(8-6)5(10)11/h2,9H,1H3,(H,10,11). The monoisotopic (exact) mass is 186 g/mol. The fourth-order valence-corrected chi connectivity index (χ4v) is 0.956. The maximum Gasteiger partial charge on any atom is 0.358 e. The Labute approximate surface area is 72.5 Å². The summed E-state index contributed by atoms with van der Waals surface area (Å²) in [5.41, 5.74) is -0.366. The van der Waals surface area contributed by atoms with Gasteiger partial charge in [0.15, 0.2) is 16.6 Å². The number of rotatable bonds is 2. The van der Waals surface area contributed by atoms with Gasteiger partial charge in [-0.1, -0.05) is 11.8 Å². The molecular formula is C6H6N2O3S. The Balaban J connectivity index is 3.17. The molecule has 0 aliphatic rings. The maximum atomic E-state index is 10.4. The van der Waals surface area contributed by atoms with E-state index in [1.165, 1.54) is 11.8 Å². The van der Waals surface area contributed by atoms with Crippen molar-refractivity contribution in [1.82, 2.24) is 9.97 Å². The summed E-state index contributed by atoms with van der Waals surface area (Å²) in [6.45, 7) is 0. The van der Waals surface area contributed by atoms with E-state index < -0.39 is 11.7 Å². The van der Waals surface area contributed by atoms with Crippen LogP contribution in [-0.2, 0) is 0 Å². The molecule has 0 radical (unpaired) electrons. The van der Waals surface area contributed by atoms with Crippen LogP contribution >= 0.6 is 11.8 Å². The number of nitrogens with zero attached hydrogens (tertiary/aromatic N) is 2. The van der Waals surface area contributed by atoms with Crippen molar-refractivity contribution in [2.24, 2.45) is 0 Å². The van der Waals surface area contributed by atoms with Crippen molar-refractivity contribution in [2.45, 2.75) is 5.16 Å². The molecule has 1 rings (SSSR count). The van der Waals surface area contributed by atoms with Crippen LogP contribution in [0.3, 0.4) is 0 Å². The number of hydrogen-bond donors (Lipinski definition) is 2. The molecule has 0 atom stereocenters. The molecule has 1 heterocycles. The first kappa shape index (κ1) is 8.79. The quantitative estimate of drug-likeness (QED) is 0.520. The van der Waals surface area contributed by atoms with Crippen molar-refractivity contribution < 1.29 is 15.0 Å². The van der Waals surface area contributed by atoms with Crippen LogP contribution in [0, 0.1) is 0 Å². The Morgan fingerprint density at radius 1 is 1.67 bits per heavy atom. The molecule has 2 N–H and O–H groups in total. The Morgan fingerprint density at radius 3 is 2.83 bits per heavy atom. The highest BCUT2D eigenvalue weighted by molar-refractivity contribution is 7.98. The summed E-state index contributed by atoms with van der Waals surface area (Å²) in [7, 11) is 0. The number of hydrogen-bond acceptors (Lipinski definition) is 5. The van der Waals surface area contributed by atoms with Crippen LogP contribution in [0.2, 0.25) is 0 Å². The predicted octanol–water partition coefficient (Wildman–Crippen LogP) is 0.602. The van der Waals surface area contributed by atoms with E-state index in [0.717, 1.165) is 6.20 Å². The lowest BCUT2D eigenvalue weighted by Crippen LogP contribution is -2.02. The Kier molecular flexibility index (Phi) is 2.49. The lowest BCUT2D eigenvalue weighted by Gasteiger charge is -1.98. The molecule has 0 aliphatic heterocycles. The van der Waals surface area contributed by atoms with E-state index in [0.29, 0.717) is 5.16 Å². The van der Waals surface area contributed by atoms with Gasteiger partial charge in [-0.05, 0) is 6.26 Å². The molecular weight excluding hydrogens is 180 g/mol. The largest absolute Gasteiger partial charge is 0.504 e. The first-order valence-corrected chi connectivity index (χ1v) is 4.21. The summed E-state index contributed by atoms with van der Waals surface area (Å²) < 4.78 is 0. The Bertz CT molecular complexity index is 316. The maximum absolute atomic E-state index is 10.4. The average molecular weight is 186 g/mol. The highest BCUT2D eigenvalue weighted by Crippen LogP contribution is 2.16. The molecule has 0 amide bonds. The van der Waals surface area contributed by atoms with Gasteiger partial charge in [0, 0.05) is 0 Å². The van der Waals surface area contributed by atoms with Crippen LogP contribution in [0.15, 0.2) is 11.4 Å². The molecule has 0 saturated heterocycles. The molecule has 0 unspecified atom stereocenters. The molecule has 12 heavy (non-hydrogen) atoms. The van der Waals surface area contributed by atoms with E-state index in [9.17, 15) is 4.79 Å². The SMILES string of the molecule is CSc1ncc(O)c(C(=O)O)n1. The number of carbonyl (C=O) groups is 1. The van der Waals surface area contributed by atoms with Crippen LogP contribution < -0.4 is 0 Å². The molecule has 1 aromatic rings. The van der Waals surface area contributed by atoms with E-state index in [1.54, 1.807) is 6.26 Å². The minimum atomic E-state index is -1.26. The zero-order valence-corrected chi connectivity index (χ0v) is 7.00. The van der Waals surface area contributed by atoms with Gasteiger partial charge in [0.2, 0.25) is 0 Å². The molecule has 0 fully saturated rings. The molecule has 0 saturated carbocycles. The van der Waals surface area contributed by atoms with E-state index in [4.69, 9.17) is 10.2 Å². The molecule has 0 aliphatic carbocycles. The molecule has 0 aromatic carbocycles. The molecule has 6 heteroatoms. The first-order chi connectivity index (χ1) is 5.65. The highest BCUT2D eigenvalue weighted by Gasteiger charge is 2.12. The van der Waals surface area contributed by atoms with Crippen LogP contribution in [0.25, 0.3) is 0 Å². The second-order valence-electron chi connectivity index (χ2n) is 1.90. The Morgan fingerprint density at radius 2 is 2.33 bits per heavy atom. The second-order valence-corrected chi connectivity index (χ2v) is 2.67. The van der Waals surface area contributed by atoms with Gasteiger partial charge in [-0.15, -0.1) is 0 Å². The zero-order chi connectivity index (χ0) is 9.14. The normalized spacial score (nSPS) is 9.75. The average Bonchev–Trinajstić information content (AvgIpc) is 2.05. The molecule has 1 aromatic heterocycles. The van der Waals surface area contributed by atoms with Crippen LogP contribution in [0.1, 0.15) is 10.5 Å². The predicted molar refractivity (Wildman–Crippen MR) is 42.4 cm³/mol. The van der Waals surface area contributed by atoms with Gasteiger partial charge in [0.1, 0.15) is 0 Å². The minimum Gasteiger partial charge on any atom is -0.504 e. The van der Waals surface area contributed by atoms with Crippen LogP contribution in [0.5, 0.6) is 5.75 Å². The minimum absolute atomic E-state index is 0.324. The van der Waals surface area contributed by atoms with Crippen molar-refractivity contribution in [3.63, 3.8) is 0 Å². The number of thioether (sulfide) groups is 1. The summed E-state index contributed by atoms with van der Waals surface area (Å²) >= 11 is 1.21. The van der Waals surface area contributed by atoms with Gasteiger partial charge in [-0.3, -0.25) is 0 Å². The lowest BCUT2D eigenvalue weighted by molar-refractivity contribution is 0.0685. The van der Waals surface area contributed by atoms with Gasteiger partial charge < -0.3 is 10.2 Å². The van der Waals surface area contributed by atoms with Crippen molar-refractivity contribution in [2.75, 3.05) is 6.26 Å². The third-order valence-corrected chi connectivity index (χ3v) is 1.69. The summed E-state index contributed by atoms with van der Waals surface area (Å²) in [5, 5.41) is 17.8. The van der Waals surface area contributed by atoms with Gasteiger partial charge in [0.05, 0.1) is 6.20 Å². The third-order valence-electron chi connectivity index (χ3n) is 1.13. The number of aromatic nitrogens is 2. The molecule has 5 nitrogen and oxygen atoms in total. The van der Waals surface area contributed by atoms with Gasteiger partial charge in [-0.2, -0.15) is 0 Å². The van der Waals surface area contributed by atoms with E-state index in [1.807, 2.05) is 0 Å². The Hall–Kier alpha value is -1.30. The summed E-state index contributed by atoms with van der Waals surface area (Å²) in [6, 6.07) is 0. The van der Waals surface area contributed by atoms with Crippen molar-refractivity contribution >= 4 is 17.7 Å². The van der Waals surface area contributed by atoms with E-state index >= 15 is 0 Å². The fraction of sp³-hybridized carbons (Fsp3) is 0.167. The number of aromatic hydroxyl groups is 1. The molecule has 0 bridgehead atoms. The summed E-state index contributed by atoms with van der Waals surface area (Å²) in [5.74, 6) is -1.68. The third kappa shape index (κ3) is 1.65. The van der Waals surface area contributed by atoms with Gasteiger partial charge in [-0.25, -0.2) is 14.8 Å². The van der Waals surface area contributed by atoms with Gasteiger partial charge in [0.25, 0.3) is 0 Å². The van der Waals surface area contributed by atoms with E-state index in [-0.39, 0.29) is 5.69 Å². The second kappa shape index (κ2) is 3.40. The van der Waals surface area contributed by atoms with Crippen molar-refractivity contribution in [3.8, 4) is 5.75 Å². The van der Waals surface area contributed by atoms with Crippen LogP contribution in [-0.4, -0.2) is 32.4 Å². The summed E-state index contributed by atoms with van der Waals surface area (Å²) in [4.78, 5) is 17.7. The van der Waals surface area contributed by atoms with Gasteiger partial charge >= 0.3 is 5.97 Å².